The SMILES string of the molecule is CC(C)(C)Nc1nc(-c2cnc(N)nc2)cc2c(Cl)cn(CCO)c(=O)c12. The maximum atomic E-state index is 12.9. The first-order valence-electron chi connectivity index (χ1n) is 8.40. The molecular weight excluding hydrogens is 368 g/mol. The van der Waals surface area contributed by atoms with Gasteiger partial charge < -0.3 is 20.7 Å². The second kappa shape index (κ2) is 7.13. The van der Waals surface area contributed by atoms with Gasteiger partial charge in [0, 0.05) is 41.6 Å². The van der Waals surface area contributed by atoms with Gasteiger partial charge in [-0.05, 0) is 26.8 Å². The highest BCUT2D eigenvalue weighted by Gasteiger charge is 2.19. The van der Waals surface area contributed by atoms with Crippen LogP contribution in [-0.2, 0) is 6.54 Å². The van der Waals surface area contributed by atoms with Crippen molar-refractivity contribution in [2.45, 2.75) is 32.9 Å². The Morgan fingerprint density at radius 1 is 1.30 bits per heavy atom. The van der Waals surface area contributed by atoms with Crippen LogP contribution in [0.5, 0.6) is 0 Å². The van der Waals surface area contributed by atoms with E-state index in [1.807, 2.05) is 20.8 Å². The van der Waals surface area contributed by atoms with Crippen molar-refractivity contribution in [1.29, 1.82) is 0 Å². The number of hydrogen-bond donors (Lipinski definition) is 3. The Balaban J connectivity index is 2.33. The van der Waals surface area contributed by atoms with Crippen LogP contribution in [0.4, 0.5) is 11.8 Å². The summed E-state index contributed by atoms with van der Waals surface area (Å²) < 4.78 is 1.38. The lowest BCUT2D eigenvalue weighted by Gasteiger charge is -2.23. The van der Waals surface area contributed by atoms with Crippen molar-refractivity contribution < 1.29 is 5.11 Å². The van der Waals surface area contributed by atoms with Gasteiger partial charge in [-0.3, -0.25) is 4.79 Å². The summed E-state index contributed by atoms with van der Waals surface area (Å²) in [4.78, 5) is 25.6. The molecule has 3 rings (SSSR count). The van der Waals surface area contributed by atoms with E-state index in [4.69, 9.17) is 17.3 Å². The summed E-state index contributed by atoms with van der Waals surface area (Å²) in [6.07, 6.45) is 4.66. The fraction of sp³-hybridized carbons (Fsp3) is 0.333. The highest BCUT2D eigenvalue weighted by molar-refractivity contribution is 6.35. The van der Waals surface area contributed by atoms with E-state index in [1.54, 1.807) is 18.5 Å². The van der Waals surface area contributed by atoms with Crippen LogP contribution in [0.2, 0.25) is 5.02 Å². The number of nitrogen functional groups attached to an aromatic ring is 1. The van der Waals surface area contributed by atoms with Gasteiger partial charge >= 0.3 is 0 Å². The minimum absolute atomic E-state index is 0.150. The standard InChI is InChI=1S/C18H21ClN6O2/c1-18(2,3)24-15-14-11(12(19)9-25(4-5-26)16(14)27)6-13(23-15)10-7-21-17(20)22-8-10/h6-9,26H,4-5H2,1-3H3,(H,23,24)(H2,20,21,22). The Bertz CT molecular complexity index is 1040. The molecule has 0 fully saturated rings. The molecule has 9 heteroatoms. The molecule has 0 saturated carbocycles. The molecule has 0 bridgehead atoms. The van der Waals surface area contributed by atoms with Gasteiger partial charge in [-0.25, -0.2) is 15.0 Å². The number of rotatable bonds is 4. The minimum Gasteiger partial charge on any atom is -0.395 e. The predicted molar refractivity (Wildman–Crippen MR) is 107 cm³/mol. The lowest BCUT2D eigenvalue weighted by molar-refractivity contribution is 0.274. The van der Waals surface area contributed by atoms with E-state index in [2.05, 4.69) is 20.3 Å². The van der Waals surface area contributed by atoms with Gasteiger partial charge in [-0.15, -0.1) is 0 Å². The van der Waals surface area contributed by atoms with Gasteiger partial charge in [-0.1, -0.05) is 11.6 Å². The van der Waals surface area contributed by atoms with Gasteiger partial charge in [0.15, 0.2) is 0 Å². The molecule has 8 nitrogen and oxygen atoms in total. The molecule has 0 aliphatic heterocycles. The summed E-state index contributed by atoms with van der Waals surface area (Å²) in [5.41, 5.74) is 6.16. The minimum atomic E-state index is -0.341. The molecule has 3 heterocycles. The second-order valence-corrected chi connectivity index (χ2v) is 7.59. The fourth-order valence-corrected chi connectivity index (χ4v) is 2.96. The first-order chi connectivity index (χ1) is 12.7. The molecule has 0 aromatic carbocycles. The number of nitrogens with two attached hydrogens (primary N) is 1. The van der Waals surface area contributed by atoms with E-state index >= 15 is 0 Å². The number of pyridine rings is 2. The summed E-state index contributed by atoms with van der Waals surface area (Å²) >= 11 is 6.45. The quantitative estimate of drug-likeness (QED) is 0.627. The van der Waals surface area contributed by atoms with Crippen LogP contribution in [0.25, 0.3) is 22.0 Å². The van der Waals surface area contributed by atoms with Crippen LogP contribution in [0.15, 0.2) is 29.5 Å². The monoisotopic (exact) mass is 388 g/mol. The van der Waals surface area contributed by atoms with Gasteiger partial charge in [-0.2, -0.15) is 0 Å². The molecule has 3 aromatic rings. The summed E-state index contributed by atoms with van der Waals surface area (Å²) in [7, 11) is 0. The van der Waals surface area contributed by atoms with Crippen LogP contribution >= 0.6 is 11.6 Å². The predicted octanol–water partition coefficient (Wildman–Crippen LogP) is 2.29. The van der Waals surface area contributed by atoms with E-state index in [0.717, 1.165) is 0 Å². The van der Waals surface area contributed by atoms with Crippen LogP contribution in [0.1, 0.15) is 20.8 Å². The number of nitrogens with one attached hydrogen (secondary N) is 1. The Morgan fingerprint density at radius 2 is 1.96 bits per heavy atom. The molecule has 142 valence electrons. The maximum Gasteiger partial charge on any atom is 0.262 e. The number of aromatic nitrogens is 4. The van der Waals surface area contributed by atoms with Crippen molar-refractivity contribution in [2.24, 2.45) is 0 Å². The molecule has 3 aromatic heterocycles. The van der Waals surface area contributed by atoms with Crippen LogP contribution in [-0.4, -0.2) is 36.8 Å². The normalized spacial score (nSPS) is 11.7. The third-order valence-corrected chi connectivity index (χ3v) is 4.12. The van der Waals surface area contributed by atoms with Gasteiger partial charge in [0.25, 0.3) is 5.56 Å². The molecule has 0 aliphatic rings. The number of anilines is 2. The maximum absolute atomic E-state index is 12.9. The summed E-state index contributed by atoms with van der Waals surface area (Å²) in [5.74, 6) is 0.573. The Morgan fingerprint density at radius 3 is 2.56 bits per heavy atom. The van der Waals surface area contributed by atoms with Gasteiger partial charge in [0.2, 0.25) is 5.95 Å². The lowest BCUT2D eigenvalue weighted by atomic mass is 10.1. The van der Waals surface area contributed by atoms with Crippen LogP contribution < -0.4 is 16.6 Å². The van der Waals surface area contributed by atoms with Crippen molar-refractivity contribution in [3.8, 4) is 11.3 Å². The highest BCUT2D eigenvalue weighted by Crippen LogP contribution is 2.31. The average Bonchev–Trinajstić information content (AvgIpc) is 2.58. The molecular formula is C18H21ClN6O2. The Labute approximate surface area is 161 Å². The lowest BCUT2D eigenvalue weighted by Crippen LogP contribution is -2.29. The number of aliphatic hydroxyl groups excluding tert-OH is 1. The van der Waals surface area contributed by atoms with E-state index in [9.17, 15) is 9.90 Å². The Hall–Kier alpha value is -2.71. The molecule has 4 N–H and O–H groups in total. The van der Waals surface area contributed by atoms with Crippen molar-refractivity contribution in [2.75, 3.05) is 17.7 Å². The second-order valence-electron chi connectivity index (χ2n) is 7.18. The number of fused-ring (bicyclic) bond motifs is 1. The molecule has 0 unspecified atom stereocenters. The van der Waals surface area contributed by atoms with Crippen LogP contribution in [0, 0.1) is 0 Å². The zero-order valence-corrected chi connectivity index (χ0v) is 16.1. The molecule has 27 heavy (non-hydrogen) atoms. The fourth-order valence-electron chi connectivity index (χ4n) is 2.70. The molecule has 0 aliphatic carbocycles. The molecule has 0 spiro atoms. The largest absolute Gasteiger partial charge is 0.395 e. The summed E-state index contributed by atoms with van der Waals surface area (Å²) in [5, 5.41) is 13.8. The number of aliphatic hydroxyl groups is 1. The van der Waals surface area contributed by atoms with E-state index in [0.29, 0.717) is 32.9 Å². The summed E-state index contributed by atoms with van der Waals surface area (Å²) in [6, 6.07) is 1.73. The van der Waals surface area contributed by atoms with Crippen molar-refractivity contribution in [1.82, 2.24) is 19.5 Å². The third kappa shape index (κ3) is 4.01. The number of nitrogens with zero attached hydrogens (tertiary/aromatic N) is 4. The molecule has 0 saturated heterocycles. The Kier molecular flexibility index (Phi) is 5.03. The number of hydrogen-bond acceptors (Lipinski definition) is 7. The van der Waals surface area contributed by atoms with E-state index in [-0.39, 0.29) is 30.2 Å². The van der Waals surface area contributed by atoms with Crippen LogP contribution in [0.3, 0.4) is 0 Å². The molecule has 0 atom stereocenters. The van der Waals surface area contributed by atoms with E-state index < -0.39 is 0 Å². The summed E-state index contributed by atoms with van der Waals surface area (Å²) in [6.45, 7) is 5.89. The smallest absolute Gasteiger partial charge is 0.262 e. The highest BCUT2D eigenvalue weighted by atomic mass is 35.5. The third-order valence-electron chi connectivity index (χ3n) is 3.82. The zero-order chi connectivity index (χ0) is 19.8. The van der Waals surface area contributed by atoms with Gasteiger partial charge in [0.1, 0.15) is 5.82 Å². The van der Waals surface area contributed by atoms with Crippen molar-refractivity contribution in [3.63, 3.8) is 0 Å². The zero-order valence-electron chi connectivity index (χ0n) is 15.3. The first-order valence-corrected chi connectivity index (χ1v) is 8.78. The van der Waals surface area contributed by atoms with Gasteiger partial charge in [0.05, 0.1) is 22.7 Å². The molecule has 0 radical (unpaired) electrons. The number of halogens is 1. The van der Waals surface area contributed by atoms with E-state index in [1.165, 1.54) is 10.8 Å². The van der Waals surface area contributed by atoms with Crippen molar-refractivity contribution >= 4 is 34.1 Å². The first kappa shape index (κ1) is 19.1. The molecule has 0 amide bonds. The average molecular weight is 389 g/mol. The topological polar surface area (TPSA) is 119 Å². The van der Waals surface area contributed by atoms with Crippen molar-refractivity contribution in [3.05, 3.63) is 40.0 Å².